The Morgan fingerprint density at radius 2 is 1.43 bits per heavy atom. The molecule has 0 aromatic rings. The molecular formula is C4H13N2Zn. The fourth-order valence-electron chi connectivity index (χ4n) is 0.118. The van der Waals surface area contributed by atoms with Crippen molar-refractivity contribution in [3.8, 4) is 0 Å². The van der Waals surface area contributed by atoms with Gasteiger partial charge in [-0.1, -0.05) is 0 Å². The van der Waals surface area contributed by atoms with Crippen molar-refractivity contribution in [2.45, 2.75) is 11.9 Å². The second-order valence-electron chi connectivity index (χ2n) is 0.931. The number of hydrogen-bond acceptors (Lipinski definition) is 2. The van der Waals surface area contributed by atoms with Crippen LogP contribution in [0.15, 0.2) is 0 Å². The van der Waals surface area contributed by atoms with Crippen LogP contribution in [0.2, 0.25) is 5.52 Å². The summed E-state index contributed by atoms with van der Waals surface area (Å²) in [6.45, 7) is 1.44. The van der Waals surface area contributed by atoms with Crippen molar-refractivity contribution >= 4 is 0 Å². The van der Waals surface area contributed by atoms with Crippen LogP contribution in [-0.2, 0) is 18.3 Å². The first-order valence-corrected chi connectivity index (χ1v) is 5.49. The number of hydrogen-bond donors (Lipinski definition) is 2. The van der Waals surface area contributed by atoms with E-state index < -0.39 is 0 Å². The maximum absolute atomic E-state index is 5.06. The van der Waals surface area contributed by atoms with Crippen LogP contribution in [-0.4, -0.2) is 13.1 Å². The van der Waals surface area contributed by atoms with Crippen molar-refractivity contribution in [1.29, 1.82) is 0 Å². The number of rotatable bonds is 2. The Hall–Kier alpha value is 0.543. The Balaban J connectivity index is 0. The molecule has 0 aromatic carbocycles. The molecule has 7 heavy (non-hydrogen) atoms. The minimum atomic E-state index is 0.719. The minimum absolute atomic E-state index is 0.719. The molecule has 0 heterocycles. The van der Waals surface area contributed by atoms with Gasteiger partial charge in [0.1, 0.15) is 0 Å². The van der Waals surface area contributed by atoms with Crippen LogP contribution in [0.25, 0.3) is 0 Å². The topological polar surface area (TPSA) is 52.0 Å². The van der Waals surface area contributed by atoms with E-state index in [1.807, 2.05) is 0 Å². The van der Waals surface area contributed by atoms with Crippen LogP contribution in [0.5, 0.6) is 0 Å². The van der Waals surface area contributed by atoms with E-state index in [0.717, 1.165) is 19.5 Å². The van der Waals surface area contributed by atoms with Gasteiger partial charge in [-0.25, -0.2) is 0 Å². The van der Waals surface area contributed by atoms with Crippen LogP contribution >= 0.6 is 0 Å². The third-order valence-electron chi connectivity index (χ3n) is 0.408. The summed E-state index contributed by atoms with van der Waals surface area (Å²) in [7, 11) is 0. The van der Waals surface area contributed by atoms with E-state index in [9.17, 15) is 0 Å². The monoisotopic (exact) mass is 153 g/mol. The van der Waals surface area contributed by atoms with E-state index in [0.29, 0.717) is 0 Å². The molecule has 0 aliphatic heterocycles. The van der Waals surface area contributed by atoms with Crippen molar-refractivity contribution in [3.63, 3.8) is 0 Å². The van der Waals surface area contributed by atoms with Gasteiger partial charge in [0.2, 0.25) is 0 Å². The first kappa shape index (κ1) is 10.5. The molecule has 0 aliphatic carbocycles. The summed E-state index contributed by atoms with van der Waals surface area (Å²) >= 11 is 1.38. The Bertz CT molecular complexity index is 17.2. The van der Waals surface area contributed by atoms with Crippen molar-refractivity contribution in [3.05, 3.63) is 0 Å². The summed E-state index contributed by atoms with van der Waals surface area (Å²) in [6.07, 6.45) is 0.944. The molecule has 0 unspecified atom stereocenters. The molecule has 41 valence electrons. The molecule has 0 radical (unpaired) electrons. The van der Waals surface area contributed by atoms with Crippen LogP contribution in [0.3, 0.4) is 0 Å². The first-order chi connectivity index (χ1) is 3.41. The summed E-state index contributed by atoms with van der Waals surface area (Å²) in [5, 5.41) is 0. The second-order valence-corrected chi connectivity index (χ2v) is 0.931. The fourth-order valence-corrected chi connectivity index (χ4v) is 0.118. The maximum atomic E-state index is 5.06. The molecule has 0 aliphatic rings. The van der Waals surface area contributed by atoms with E-state index in [1.54, 1.807) is 0 Å². The van der Waals surface area contributed by atoms with E-state index in [4.69, 9.17) is 11.5 Å². The van der Waals surface area contributed by atoms with Gasteiger partial charge in [-0.2, -0.15) is 0 Å². The molecule has 0 amide bonds. The summed E-state index contributed by atoms with van der Waals surface area (Å²) in [5.74, 6) is 0. The van der Waals surface area contributed by atoms with Gasteiger partial charge in [-0.05, 0) is 19.5 Å². The SMILES string of the molecule is NCCCN.[CH3][Zn]. The van der Waals surface area contributed by atoms with Gasteiger partial charge in [0.15, 0.2) is 0 Å². The average molecular weight is 155 g/mol. The summed E-state index contributed by atoms with van der Waals surface area (Å²) in [6, 6.07) is 0. The van der Waals surface area contributed by atoms with Gasteiger partial charge in [-0.3, -0.25) is 0 Å². The Morgan fingerprint density at radius 1 is 1.14 bits per heavy atom. The van der Waals surface area contributed by atoms with Gasteiger partial charge in [0.05, 0.1) is 0 Å². The molecule has 4 N–H and O–H groups in total. The zero-order chi connectivity index (χ0) is 6.12. The third kappa shape index (κ3) is 20.9. The third-order valence-corrected chi connectivity index (χ3v) is 0.408. The summed E-state index contributed by atoms with van der Waals surface area (Å²) in [5.41, 5.74) is 12.2. The molecule has 0 saturated carbocycles. The first-order valence-electron chi connectivity index (χ1n) is 2.52. The van der Waals surface area contributed by atoms with Gasteiger partial charge in [-0.15, -0.1) is 0 Å². The van der Waals surface area contributed by atoms with Crippen LogP contribution < -0.4 is 11.5 Å². The fraction of sp³-hybridized carbons (Fsp3) is 1.00. The summed E-state index contributed by atoms with van der Waals surface area (Å²) < 4.78 is 0. The Morgan fingerprint density at radius 3 is 1.43 bits per heavy atom. The molecule has 2 nitrogen and oxygen atoms in total. The van der Waals surface area contributed by atoms with E-state index in [2.05, 4.69) is 5.52 Å². The predicted octanol–water partition coefficient (Wildman–Crippen LogP) is -0.125. The zero-order valence-electron chi connectivity index (χ0n) is 4.98. The van der Waals surface area contributed by atoms with Crippen LogP contribution in [0.4, 0.5) is 0 Å². The van der Waals surface area contributed by atoms with Crippen molar-refractivity contribution in [1.82, 2.24) is 0 Å². The van der Waals surface area contributed by atoms with Gasteiger partial charge < -0.3 is 11.5 Å². The van der Waals surface area contributed by atoms with Gasteiger partial charge >= 0.3 is 23.8 Å². The van der Waals surface area contributed by atoms with Gasteiger partial charge in [0.25, 0.3) is 0 Å². The normalized spacial score (nSPS) is 7.00. The average Bonchev–Trinajstić information content (AvgIpc) is 1.75. The molecule has 0 aromatic heterocycles. The number of nitrogens with two attached hydrogens (primary N) is 2. The molecule has 3 heteroatoms. The zero-order valence-corrected chi connectivity index (χ0v) is 7.95. The standard InChI is InChI=1S/C3H10N2.CH3.Zn/c4-2-1-3-5;;/h1-5H2;1H3;. The summed E-state index contributed by atoms with van der Waals surface area (Å²) in [4.78, 5) is 0. The molecule has 0 fully saturated rings. The van der Waals surface area contributed by atoms with Crippen molar-refractivity contribution in [2.24, 2.45) is 11.5 Å². The molecule has 0 atom stereocenters. The molecule has 0 rings (SSSR count). The van der Waals surface area contributed by atoms with E-state index in [1.165, 1.54) is 18.3 Å². The van der Waals surface area contributed by atoms with Crippen molar-refractivity contribution in [2.75, 3.05) is 13.1 Å². The molecule has 0 saturated heterocycles. The molecular weight excluding hydrogens is 141 g/mol. The Labute approximate surface area is 55.3 Å². The van der Waals surface area contributed by atoms with Crippen LogP contribution in [0.1, 0.15) is 6.42 Å². The Kier molecular flexibility index (Phi) is 24.0. The van der Waals surface area contributed by atoms with Gasteiger partial charge in [0, 0.05) is 0 Å². The molecule has 0 bridgehead atoms. The quantitative estimate of drug-likeness (QED) is 0.545. The van der Waals surface area contributed by atoms with E-state index in [-0.39, 0.29) is 0 Å². The van der Waals surface area contributed by atoms with Crippen LogP contribution in [0, 0.1) is 0 Å². The predicted molar refractivity (Wildman–Crippen MR) is 28.6 cm³/mol. The van der Waals surface area contributed by atoms with Crippen molar-refractivity contribution < 1.29 is 18.3 Å². The second kappa shape index (κ2) is 16.0. The molecule has 0 spiro atoms. The van der Waals surface area contributed by atoms with E-state index >= 15 is 0 Å².